The zero-order valence-electron chi connectivity index (χ0n) is 15.0. The van der Waals surface area contributed by atoms with E-state index >= 15 is 0 Å². The predicted molar refractivity (Wildman–Crippen MR) is 90.4 cm³/mol. The number of methoxy groups -OCH3 is 1. The van der Waals surface area contributed by atoms with Crippen molar-refractivity contribution in [2.75, 3.05) is 13.7 Å². The Hall–Kier alpha value is -1.72. The number of ether oxygens (including phenoxy) is 2. The maximum Gasteiger partial charge on any atom is 0.341 e. The number of hydrogen-bond acceptors (Lipinski definition) is 3. The van der Waals surface area contributed by atoms with Crippen molar-refractivity contribution in [1.82, 2.24) is 0 Å². The Morgan fingerprint density at radius 1 is 0.920 bits per heavy atom. The molecule has 0 aliphatic heterocycles. The number of hydrogen-bond donors (Lipinski definition) is 0. The van der Waals surface area contributed by atoms with Gasteiger partial charge < -0.3 is 9.47 Å². The molecule has 0 saturated heterocycles. The molecule has 0 aliphatic carbocycles. The van der Waals surface area contributed by atoms with E-state index in [-0.39, 0.29) is 6.61 Å². The fourth-order valence-corrected chi connectivity index (χ4v) is 2.56. The molecule has 0 aliphatic rings. The summed E-state index contributed by atoms with van der Waals surface area (Å²) in [7, 11) is 0.998. The van der Waals surface area contributed by atoms with Crippen molar-refractivity contribution in [2.24, 2.45) is 0 Å². The number of carbonyl (C=O) groups is 1. The van der Waals surface area contributed by atoms with E-state index in [4.69, 9.17) is 4.74 Å². The van der Waals surface area contributed by atoms with Gasteiger partial charge in [-0.3, -0.25) is 0 Å². The van der Waals surface area contributed by atoms with Crippen LogP contribution < -0.4 is 4.74 Å². The van der Waals surface area contributed by atoms with Gasteiger partial charge in [0.2, 0.25) is 5.82 Å². The first-order valence-electron chi connectivity index (χ1n) is 8.91. The van der Waals surface area contributed by atoms with E-state index in [9.17, 15) is 18.0 Å². The Bertz CT molecular complexity index is 547. The Kier molecular flexibility index (Phi) is 10.0. The highest BCUT2D eigenvalue weighted by atomic mass is 19.2. The van der Waals surface area contributed by atoms with Crippen LogP contribution in [-0.2, 0) is 4.74 Å². The number of benzene rings is 1. The zero-order valence-corrected chi connectivity index (χ0v) is 15.0. The Morgan fingerprint density at radius 2 is 1.48 bits per heavy atom. The van der Waals surface area contributed by atoms with Crippen LogP contribution in [0.5, 0.6) is 5.75 Å². The third-order valence-electron chi connectivity index (χ3n) is 4.02. The van der Waals surface area contributed by atoms with Crippen LogP contribution in [0.3, 0.4) is 0 Å². The number of halogens is 3. The fraction of sp³-hybridized carbons (Fsp3) is 0.632. The molecule has 6 heteroatoms. The molecule has 0 spiro atoms. The summed E-state index contributed by atoms with van der Waals surface area (Å²) in [5.74, 6) is -6.01. The van der Waals surface area contributed by atoms with Gasteiger partial charge >= 0.3 is 5.97 Å². The van der Waals surface area contributed by atoms with Gasteiger partial charge in [-0.1, -0.05) is 58.3 Å². The van der Waals surface area contributed by atoms with Crippen LogP contribution >= 0.6 is 0 Å². The summed E-state index contributed by atoms with van der Waals surface area (Å²) >= 11 is 0. The molecule has 3 nitrogen and oxygen atoms in total. The number of esters is 1. The molecule has 0 unspecified atom stereocenters. The highest BCUT2D eigenvalue weighted by molar-refractivity contribution is 5.90. The number of rotatable bonds is 12. The Labute approximate surface area is 147 Å². The van der Waals surface area contributed by atoms with Crippen molar-refractivity contribution in [1.29, 1.82) is 0 Å². The second-order valence-corrected chi connectivity index (χ2v) is 6.03. The molecule has 1 aromatic rings. The molecule has 1 rings (SSSR count). The topological polar surface area (TPSA) is 35.5 Å². The smallest absolute Gasteiger partial charge is 0.341 e. The average Bonchev–Trinajstić information content (AvgIpc) is 2.60. The lowest BCUT2D eigenvalue weighted by Gasteiger charge is -2.09. The molecule has 0 atom stereocenters. The summed E-state index contributed by atoms with van der Waals surface area (Å²) in [5, 5.41) is 0. The minimum atomic E-state index is -1.46. The lowest BCUT2D eigenvalue weighted by molar-refractivity contribution is 0.0490. The highest BCUT2D eigenvalue weighted by Crippen LogP contribution is 2.27. The predicted octanol–water partition coefficient (Wildman–Crippen LogP) is 5.80. The van der Waals surface area contributed by atoms with Gasteiger partial charge in [0, 0.05) is 0 Å². The molecule has 0 radical (unpaired) electrons. The molecule has 142 valence electrons. The molecule has 0 fully saturated rings. The van der Waals surface area contributed by atoms with E-state index in [0.29, 0.717) is 12.5 Å². The molecule has 0 amide bonds. The third kappa shape index (κ3) is 6.96. The largest absolute Gasteiger partial charge is 0.491 e. The summed E-state index contributed by atoms with van der Waals surface area (Å²) in [4.78, 5) is 11.8. The first-order chi connectivity index (χ1) is 12.0. The van der Waals surface area contributed by atoms with Crippen LogP contribution in [0.15, 0.2) is 6.07 Å². The summed E-state index contributed by atoms with van der Waals surface area (Å²) in [6.45, 7) is 2.30. The van der Waals surface area contributed by atoms with Gasteiger partial charge in [-0.25, -0.2) is 13.6 Å². The van der Waals surface area contributed by atoms with Gasteiger partial charge in [0.25, 0.3) is 0 Å². The lowest BCUT2D eigenvalue weighted by Crippen LogP contribution is -2.11. The van der Waals surface area contributed by atoms with Crippen molar-refractivity contribution in [2.45, 2.75) is 64.7 Å². The van der Waals surface area contributed by atoms with E-state index in [1.165, 1.54) is 32.1 Å². The first kappa shape index (κ1) is 21.3. The van der Waals surface area contributed by atoms with Crippen LogP contribution in [0.25, 0.3) is 0 Å². The minimum absolute atomic E-state index is 0.120. The first-order valence-corrected chi connectivity index (χ1v) is 8.91. The van der Waals surface area contributed by atoms with Gasteiger partial charge in [-0.2, -0.15) is 4.39 Å². The van der Waals surface area contributed by atoms with Crippen LogP contribution in [0.1, 0.15) is 75.1 Å². The zero-order chi connectivity index (χ0) is 18.7. The lowest BCUT2D eigenvalue weighted by atomic mass is 10.1. The van der Waals surface area contributed by atoms with Gasteiger partial charge in [0.05, 0.1) is 13.7 Å². The molecule has 0 saturated carbocycles. The van der Waals surface area contributed by atoms with Gasteiger partial charge in [-0.15, -0.1) is 0 Å². The van der Waals surface area contributed by atoms with Gasteiger partial charge in [0.15, 0.2) is 17.4 Å². The number of unbranched alkanes of at least 4 members (excludes halogenated alkanes) is 8. The van der Waals surface area contributed by atoms with Crippen molar-refractivity contribution in [3.05, 3.63) is 29.1 Å². The summed E-state index contributed by atoms with van der Waals surface area (Å²) in [5.41, 5.74) is -0.660. The van der Waals surface area contributed by atoms with Crippen molar-refractivity contribution in [3.8, 4) is 5.75 Å². The quantitative estimate of drug-likeness (QED) is 0.268. The van der Waals surface area contributed by atoms with Gasteiger partial charge in [0.1, 0.15) is 5.56 Å². The van der Waals surface area contributed by atoms with Crippen LogP contribution in [0, 0.1) is 17.5 Å². The monoisotopic (exact) mass is 360 g/mol. The van der Waals surface area contributed by atoms with Crippen molar-refractivity contribution < 1.29 is 27.4 Å². The van der Waals surface area contributed by atoms with E-state index < -0.39 is 34.7 Å². The summed E-state index contributed by atoms with van der Waals surface area (Å²) < 4.78 is 50.0. The standard InChI is InChI=1S/C19H27F3O3/c1-3-4-5-6-7-8-9-10-11-12-25-19(23)14-13-15(20)17(22)18(24-2)16(14)21/h13H,3-12H2,1-2H3. The second kappa shape index (κ2) is 11.8. The van der Waals surface area contributed by atoms with Crippen LogP contribution in [-0.4, -0.2) is 19.7 Å². The number of carbonyl (C=O) groups excluding carboxylic acids is 1. The molecule has 0 aromatic heterocycles. The summed E-state index contributed by atoms with van der Waals surface area (Å²) in [6.07, 6.45) is 10.0. The Balaban J connectivity index is 2.30. The molecule has 0 bridgehead atoms. The van der Waals surface area contributed by atoms with E-state index in [2.05, 4.69) is 11.7 Å². The second-order valence-electron chi connectivity index (χ2n) is 6.03. The van der Waals surface area contributed by atoms with Crippen LogP contribution in [0.4, 0.5) is 13.2 Å². The van der Waals surface area contributed by atoms with Crippen molar-refractivity contribution >= 4 is 5.97 Å². The molecule has 1 aromatic carbocycles. The molecular weight excluding hydrogens is 333 g/mol. The molecular formula is C19H27F3O3. The normalized spacial score (nSPS) is 10.8. The Morgan fingerprint density at radius 3 is 2.04 bits per heavy atom. The van der Waals surface area contributed by atoms with E-state index in [1.807, 2.05) is 0 Å². The summed E-state index contributed by atoms with van der Waals surface area (Å²) in [6, 6.07) is 0.492. The van der Waals surface area contributed by atoms with Crippen molar-refractivity contribution in [3.63, 3.8) is 0 Å². The van der Waals surface area contributed by atoms with E-state index in [1.54, 1.807) is 0 Å². The van der Waals surface area contributed by atoms with Crippen LogP contribution in [0.2, 0.25) is 0 Å². The van der Waals surface area contributed by atoms with E-state index in [0.717, 1.165) is 26.4 Å². The maximum atomic E-state index is 13.9. The molecule has 0 N–H and O–H groups in total. The van der Waals surface area contributed by atoms with Gasteiger partial charge in [-0.05, 0) is 12.5 Å². The maximum absolute atomic E-state index is 13.9. The third-order valence-corrected chi connectivity index (χ3v) is 4.02. The molecule has 0 heterocycles. The molecule has 25 heavy (non-hydrogen) atoms. The SMILES string of the molecule is CCCCCCCCCCCOC(=O)c1cc(F)c(F)c(OC)c1F. The highest BCUT2D eigenvalue weighted by Gasteiger charge is 2.24. The minimum Gasteiger partial charge on any atom is -0.491 e. The fourth-order valence-electron chi connectivity index (χ4n) is 2.56. The average molecular weight is 360 g/mol.